The van der Waals surface area contributed by atoms with E-state index in [-0.39, 0.29) is 5.56 Å². The van der Waals surface area contributed by atoms with Gasteiger partial charge in [0.25, 0.3) is 5.56 Å². The Kier molecular flexibility index (Phi) is 9.42. The van der Waals surface area contributed by atoms with Gasteiger partial charge in [-0.1, -0.05) is 54.4 Å². The van der Waals surface area contributed by atoms with Crippen molar-refractivity contribution in [2.24, 2.45) is 5.41 Å². The van der Waals surface area contributed by atoms with E-state index < -0.39 is 0 Å². The third-order valence-corrected chi connectivity index (χ3v) is 7.38. The molecule has 0 N–H and O–H groups in total. The minimum atomic E-state index is -0.136. The summed E-state index contributed by atoms with van der Waals surface area (Å²) in [5.41, 5.74) is 8.51. The lowest BCUT2D eigenvalue weighted by Gasteiger charge is -2.35. The second kappa shape index (κ2) is 12.3. The standard InChI is InChI=1S/C31H43N3O/c1-23(10-7-11-24(2)15-17-28-26(4)13-9-19-31(28,5)6)12-8-14-27-20-30(35)34(33-22-27)29-18-16-25(3)21-32-29/h11-12,16,18,20-22H,7-10,13-15,17,19H2,1-6H3/b23-12+,24-11+. The molecule has 2 aromatic rings. The maximum atomic E-state index is 12.5. The van der Waals surface area contributed by atoms with E-state index in [2.05, 4.69) is 56.9 Å². The summed E-state index contributed by atoms with van der Waals surface area (Å²) in [7, 11) is 0. The number of aryl methyl sites for hydroxylation is 2. The average molecular weight is 474 g/mol. The molecular formula is C31H43N3O. The second-order valence-corrected chi connectivity index (χ2v) is 11.0. The molecule has 3 rings (SSSR count). The Morgan fingerprint density at radius 2 is 1.77 bits per heavy atom. The number of allylic oxidation sites excluding steroid dienone is 6. The topological polar surface area (TPSA) is 47.8 Å². The molecule has 0 aliphatic heterocycles. The van der Waals surface area contributed by atoms with Crippen molar-refractivity contribution in [3.05, 3.63) is 86.5 Å². The molecule has 0 fully saturated rings. The molecule has 0 unspecified atom stereocenters. The highest BCUT2D eigenvalue weighted by molar-refractivity contribution is 5.25. The van der Waals surface area contributed by atoms with Crippen LogP contribution in [-0.4, -0.2) is 14.8 Å². The first-order chi connectivity index (χ1) is 16.7. The first-order valence-electron chi connectivity index (χ1n) is 13.2. The lowest BCUT2D eigenvalue weighted by molar-refractivity contribution is 0.354. The molecule has 0 atom stereocenters. The molecular weight excluding hydrogens is 430 g/mol. The lowest BCUT2D eigenvalue weighted by atomic mass is 9.71. The smallest absolute Gasteiger partial charge is 0.267 e. The Hall–Kier alpha value is -2.75. The van der Waals surface area contributed by atoms with E-state index in [0.29, 0.717) is 11.2 Å². The fraction of sp³-hybridized carbons (Fsp3) is 0.516. The van der Waals surface area contributed by atoms with Crippen LogP contribution in [0.3, 0.4) is 0 Å². The van der Waals surface area contributed by atoms with E-state index in [1.165, 1.54) is 47.9 Å². The first-order valence-corrected chi connectivity index (χ1v) is 13.2. The molecule has 0 saturated heterocycles. The highest BCUT2D eigenvalue weighted by Gasteiger charge is 2.27. The van der Waals surface area contributed by atoms with Crippen molar-refractivity contribution in [2.45, 2.75) is 99.3 Å². The van der Waals surface area contributed by atoms with E-state index in [4.69, 9.17) is 0 Å². The minimum absolute atomic E-state index is 0.136. The van der Waals surface area contributed by atoms with Crippen LogP contribution < -0.4 is 5.56 Å². The summed E-state index contributed by atoms with van der Waals surface area (Å²) in [6.07, 6.45) is 18.5. The van der Waals surface area contributed by atoms with E-state index in [1.807, 2.05) is 19.1 Å². The van der Waals surface area contributed by atoms with E-state index in [0.717, 1.165) is 36.8 Å². The lowest BCUT2D eigenvalue weighted by Crippen LogP contribution is -2.21. The average Bonchev–Trinajstić information content (AvgIpc) is 2.79. The largest absolute Gasteiger partial charge is 0.273 e. The summed E-state index contributed by atoms with van der Waals surface area (Å²) < 4.78 is 1.35. The highest BCUT2D eigenvalue weighted by atomic mass is 16.1. The predicted octanol–water partition coefficient (Wildman–Crippen LogP) is 7.85. The molecule has 0 saturated carbocycles. The van der Waals surface area contributed by atoms with E-state index in [9.17, 15) is 4.79 Å². The third-order valence-electron chi connectivity index (χ3n) is 7.38. The van der Waals surface area contributed by atoms with Gasteiger partial charge in [-0.25, -0.2) is 4.98 Å². The van der Waals surface area contributed by atoms with Gasteiger partial charge in [0, 0.05) is 12.3 Å². The molecule has 0 aromatic carbocycles. The summed E-state index contributed by atoms with van der Waals surface area (Å²) in [6, 6.07) is 5.43. The molecule has 0 spiro atoms. The van der Waals surface area contributed by atoms with Gasteiger partial charge >= 0.3 is 0 Å². The predicted molar refractivity (Wildman–Crippen MR) is 147 cm³/mol. The maximum absolute atomic E-state index is 12.5. The van der Waals surface area contributed by atoms with Crippen LogP contribution in [0.2, 0.25) is 0 Å². The number of rotatable bonds is 10. The van der Waals surface area contributed by atoms with Gasteiger partial charge in [-0.3, -0.25) is 4.79 Å². The van der Waals surface area contributed by atoms with Crippen molar-refractivity contribution in [2.75, 3.05) is 0 Å². The fourth-order valence-corrected chi connectivity index (χ4v) is 5.12. The van der Waals surface area contributed by atoms with Crippen molar-refractivity contribution < 1.29 is 0 Å². The zero-order chi connectivity index (χ0) is 25.4. The summed E-state index contributed by atoms with van der Waals surface area (Å²) in [5, 5.41) is 4.32. The van der Waals surface area contributed by atoms with Gasteiger partial charge in [0.15, 0.2) is 5.82 Å². The molecule has 4 nitrogen and oxygen atoms in total. The zero-order valence-electron chi connectivity index (χ0n) is 22.7. The molecule has 1 aliphatic rings. The molecule has 2 heterocycles. The van der Waals surface area contributed by atoms with Crippen molar-refractivity contribution >= 4 is 0 Å². The summed E-state index contributed by atoms with van der Waals surface area (Å²) in [5.74, 6) is 0.556. The maximum Gasteiger partial charge on any atom is 0.273 e. The van der Waals surface area contributed by atoms with Crippen LogP contribution in [0.1, 0.15) is 97.1 Å². The number of nitrogens with zero attached hydrogens (tertiary/aromatic N) is 3. The molecule has 0 amide bonds. The van der Waals surface area contributed by atoms with E-state index in [1.54, 1.807) is 29.6 Å². The molecule has 0 bridgehead atoms. The molecule has 35 heavy (non-hydrogen) atoms. The number of hydrogen-bond donors (Lipinski definition) is 0. The van der Waals surface area contributed by atoms with Crippen LogP contribution in [0.25, 0.3) is 5.82 Å². The quantitative estimate of drug-likeness (QED) is 0.330. The Labute approximate surface area is 211 Å². The van der Waals surface area contributed by atoms with Gasteiger partial charge in [-0.2, -0.15) is 9.78 Å². The van der Waals surface area contributed by atoms with Crippen LogP contribution in [0.4, 0.5) is 0 Å². The van der Waals surface area contributed by atoms with Gasteiger partial charge in [-0.15, -0.1) is 0 Å². The van der Waals surface area contributed by atoms with Crippen molar-refractivity contribution in [3.8, 4) is 5.82 Å². The van der Waals surface area contributed by atoms with Crippen molar-refractivity contribution in [3.63, 3.8) is 0 Å². The Morgan fingerprint density at radius 3 is 2.46 bits per heavy atom. The van der Waals surface area contributed by atoms with E-state index >= 15 is 0 Å². The van der Waals surface area contributed by atoms with Gasteiger partial charge < -0.3 is 0 Å². The highest BCUT2D eigenvalue weighted by Crippen LogP contribution is 2.42. The normalized spacial score (nSPS) is 16.6. The zero-order valence-corrected chi connectivity index (χ0v) is 22.7. The van der Waals surface area contributed by atoms with Crippen LogP contribution in [0, 0.1) is 12.3 Å². The van der Waals surface area contributed by atoms with Gasteiger partial charge in [-0.05, 0) is 108 Å². The molecule has 0 radical (unpaired) electrons. The van der Waals surface area contributed by atoms with Gasteiger partial charge in [0.05, 0.1) is 6.20 Å². The number of pyridine rings is 1. The van der Waals surface area contributed by atoms with Crippen molar-refractivity contribution in [1.82, 2.24) is 14.8 Å². The summed E-state index contributed by atoms with van der Waals surface area (Å²) >= 11 is 0. The Bertz CT molecular complexity index is 1150. The molecule has 2 aromatic heterocycles. The number of hydrogen-bond acceptors (Lipinski definition) is 3. The second-order valence-electron chi connectivity index (χ2n) is 11.0. The van der Waals surface area contributed by atoms with Crippen LogP contribution in [0.5, 0.6) is 0 Å². The van der Waals surface area contributed by atoms with Gasteiger partial charge in [0.2, 0.25) is 0 Å². The SMILES string of the molecule is CC1=C(CC/C(C)=C/CC/C(C)=C/CCc2cnn(-c3ccc(C)cn3)c(=O)c2)C(C)(C)CCC1. The van der Waals surface area contributed by atoms with Crippen LogP contribution in [-0.2, 0) is 6.42 Å². The Morgan fingerprint density at radius 1 is 1.03 bits per heavy atom. The minimum Gasteiger partial charge on any atom is -0.267 e. The summed E-state index contributed by atoms with van der Waals surface area (Å²) in [4.78, 5) is 16.8. The molecule has 4 heteroatoms. The monoisotopic (exact) mass is 473 g/mol. The first kappa shape index (κ1) is 26.8. The Balaban J connectivity index is 1.44. The van der Waals surface area contributed by atoms with Gasteiger partial charge in [0.1, 0.15) is 0 Å². The third kappa shape index (κ3) is 7.88. The molecule has 1 aliphatic carbocycles. The fourth-order valence-electron chi connectivity index (χ4n) is 5.12. The van der Waals surface area contributed by atoms with Crippen LogP contribution in [0.15, 0.2) is 69.8 Å². The van der Waals surface area contributed by atoms with Crippen molar-refractivity contribution in [1.29, 1.82) is 0 Å². The van der Waals surface area contributed by atoms with Crippen LogP contribution >= 0.6 is 0 Å². The number of aromatic nitrogens is 3. The molecule has 188 valence electrons. The summed E-state index contributed by atoms with van der Waals surface area (Å²) in [6.45, 7) is 13.6.